The second kappa shape index (κ2) is 5.65. The summed E-state index contributed by atoms with van der Waals surface area (Å²) in [5.41, 5.74) is 0.999. The number of hydrogen-bond donors (Lipinski definition) is 1. The summed E-state index contributed by atoms with van der Waals surface area (Å²) in [7, 11) is -3.35. The predicted molar refractivity (Wildman–Crippen MR) is 79.8 cm³/mol. The number of carbonyl (C=O) groups excluding carboxylic acids is 1. The van der Waals surface area contributed by atoms with Crippen molar-refractivity contribution in [3.05, 3.63) is 29.3 Å². The van der Waals surface area contributed by atoms with E-state index < -0.39 is 21.1 Å². The van der Waals surface area contributed by atoms with Crippen LogP contribution in [0.3, 0.4) is 0 Å². The average molecular weight is 315 g/mol. The fourth-order valence-electron chi connectivity index (χ4n) is 2.14. The number of phenolic OH excluding ortho intramolecular Hbond substituents is 1. The molecule has 1 fully saturated rings. The maximum Gasteiger partial charge on any atom is 0.258 e. The topological polar surface area (TPSA) is 74.7 Å². The fraction of sp³-hybridized carbons (Fsp3) is 0.462. The zero-order valence-electron chi connectivity index (χ0n) is 11.4. The van der Waals surface area contributed by atoms with Crippen molar-refractivity contribution >= 4 is 27.5 Å². The number of hydrogen-bond acceptors (Lipinski definition) is 5. The normalized spacial score (nSPS) is 19.9. The van der Waals surface area contributed by atoms with Crippen molar-refractivity contribution in [3.8, 4) is 5.75 Å². The van der Waals surface area contributed by atoms with Gasteiger partial charge in [-0.2, -0.15) is 11.8 Å². The molecule has 5 nitrogen and oxygen atoms in total. The third-order valence-electron chi connectivity index (χ3n) is 3.22. The minimum absolute atomic E-state index is 0.119. The van der Waals surface area contributed by atoms with Gasteiger partial charge in [0.15, 0.2) is 9.84 Å². The van der Waals surface area contributed by atoms with Crippen LogP contribution in [0.25, 0.3) is 0 Å². The number of phenols is 1. The minimum Gasteiger partial charge on any atom is -0.507 e. The second-order valence-corrected chi connectivity index (χ2v) is 8.23. The minimum atomic E-state index is -3.35. The van der Waals surface area contributed by atoms with E-state index in [1.807, 2.05) is 6.92 Å². The summed E-state index contributed by atoms with van der Waals surface area (Å²) in [6, 6.07) is 4.74. The average Bonchev–Trinajstić information content (AvgIpc) is 2.40. The molecule has 1 saturated heterocycles. The Morgan fingerprint density at radius 2 is 2.15 bits per heavy atom. The number of carbonyl (C=O) groups is 1. The molecule has 0 bridgehead atoms. The van der Waals surface area contributed by atoms with Gasteiger partial charge in [-0.15, -0.1) is 0 Å². The number of sulfone groups is 1. The monoisotopic (exact) mass is 315 g/mol. The Labute approximate surface area is 122 Å². The van der Waals surface area contributed by atoms with Crippen molar-refractivity contribution in [1.82, 2.24) is 4.90 Å². The molecule has 7 heteroatoms. The summed E-state index contributed by atoms with van der Waals surface area (Å²) in [4.78, 5) is 13.9. The van der Waals surface area contributed by atoms with Crippen LogP contribution in [0, 0.1) is 6.92 Å². The van der Waals surface area contributed by atoms with Gasteiger partial charge in [-0.25, -0.2) is 8.42 Å². The molecular weight excluding hydrogens is 298 g/mol. The Morgan fingerprint density at radius 3 is 2.80 bits per heavy atom. The van der Waals surface area contributed by atoms with E-state index in [9.17, 15) is 18.3 Å². The number of benzene rings is 1. The molecule has 1 aliphatic heterocycles. The SMILES string of the molecule is Cc1ccc(O)c(C(=O)N2CCSCC2S(C)(=O)=O)c1. The Balaban J connectivity index is 2.37. The molecule has 1 atom stereocenters. The highest BCUT2D eigenvalue weighted by molar-refractivity contribution is 8.00. The number of thioether (sulfide) groups is 1. The lowest BCUT2D eigenvalue weighted by Gasteiger charge is -2.34. The third-order valence-corrected chi connectivity index (χ3v) is 5.87. The van der Waals surface area contributed by atoms with Gasteiger partial charge in [0.1, 0.15) is 11.1 Å². The van der Waals surface area contributed by atoms with E-state index in [1.54, 1.807) is 12.1 Å². The number of aromatic hydroxyl groups is 1. The Hall–Kier alpha value is -1.21. The van der Waals surface area contributed by atoms with E-state index in [2.05, 4.69) is 0 Å². The summed E-state index contributed by atoms with van der Waals surface area (Å²) in [5.74, 6) is 0.523. The molecule has 1 N–H and O–H groups in total. The summed E-state index contributed by atoms with van der Waals surface area (Å²) in [6.07, 6.45) is 1.14. The highest BCUT2D eigenvalue weighted by atomic mass is 32.2. The molecule has 0 aliphatic carbocycles. The first-order chi connectivity index (χ1) is 9.30. The molecule has 1 unspecified atom stereocenters. The lowest BCUT2D eigenvalue weighted by Crippen LogP contribution is -2.49. The van der Waals surface area contributed by atoms with Gasteiger partial charge in [-0.05, 0) is 19.1 Å². The second-order valence-electron chi connectivity index (χ2n) is 4.88. The highest BCUT2D eigenvalue weighted by Crippen LogP contribution is 2.26. The van der Waals surface area contributed by atoms with E-state index in [0.717, 1.165) is 11.8 Å². The standard InChI is InChI=1S/C13H17NO4S2/c1-9-3-4-11(15)10(7-9)13(16)14-5-6-19-8-12(14)20(2,17)18/h3-4,7,12,15H,5-6,8H2,1-2H3. The summed E-state index contributed by atoms with van der Waals surface area (Å²) in [5, 5.41) is 9.00. The van der Waals surface area contributed by atoms with E-state index in [-0.39, 0.29) is 11.3 Å². The Morgan fingerprint density at radius 1 is 1.45 bits per heavy atom. The number of nitrogens with zero attached hydrogens (tertiary/aromatic N) is 1. The van der Waals surface area contributed by atoms with Gasteiger partial charge in [0, 0.05) is 24.3 Å². The van der Waals surface area contributed by atoms with Crippen molar-refractivity contribution in [2.45, 2.75) is 12.3 Å². The largest absolute Gasteiger partial charge is 0.507 e. The Kier molecular flexibility index (Phi) is 4.29. The van der Waals surface area contributed by atoms with Gasteiger partial charge in [0.2, 0.25) is 0 Å². The predicted octanol–water partition coefficient (Wildman–Crippen LogP) is 1.26. The molecule has 0 spiro atoms. The molecule has 1 amide bonds. The lowest BCUT2D eigenvalue weighted by atomic mass is 10.1. The zero-order valence-corrected chi connectivity index (χ0v) is 13.0. The smallest absolute Gasteiger partial charge is 0.258 e. The van der Waals surface area contributed by atoms with Gasteiger partial charge in [0.05, 0.1) is 5.56 Å². The summed E-state index contributed by atoms with van der Waals surface area (Å²) in [6.45, 7) is 2.19. The van der Waals surface area contributed by atoms with Gasteiger partial charge >= 0.3 is 0 Å². The first-order valence-corrected chi connectivity index (χ1v) is 9.29. The van der Waals surface area contributed by atoms with Gasteiger partial charge in [-0.1, -0.05) is 11.6 Å². The molecule has 1 aliphatic rings. The van der Waals surface area contributed by atoms with Crippen LogP contribution in [0.5, 0.6) is 5.75 Å². The number of aryl methyl sites for hydroxylation is 1. The molecule has 1 aromatic rings. The van der Waals surface area contributed by atoms with Crippen LogP contribution in [-0.4, -0.2) is 54.0 Å². The van der Waals surface area contributed by atoms with Crippen LogP contribution in [0.1, 0.15) is 15.9 Å². The zero-order chi connectivity index (χ0) is 14.9. The van der Waals surface area contributed by atoms with E-state index >= 15 is 0 Å². The van der Waals surface area contributed by atoms with E-state index in [0.29, 0.717) is 18.1 Å². The van der Waals surface area contributed by atoms with Crippen LogP contribution in [0.4, 0.5) is 0 Å². The van der Waals surface area contributed by atoms with Crippen molar-refractivity contribution < 1.29 is 18.3 Å². The fourth-order valence-corrected chi connectivity index (χ4v) is 4.96. The van der Waals surface area contributed by atoms with Gasteiger partial charge < -0.3 is 10.0 Å². The van der Waals surface area contributed by atoms with Crippen LogP contribution in [-0.2, 0) is 9.84 Å². The highest BCUT2D eigenvalue weighted by Gasteiger charge is 2.35. The van der Waals surface area contributed by atoms with Gasteiger partial charge in [0.25, 0.3) is 5.91 Å². The first-order valence-electron chi connectivity index (χ1n) is 6.18. The van der Waals surface area contributed by atoms with Crippen molar-refractivity contribution in [2.75, 3.05) is 24.3 Å². The Bertz CT molecular complexity index is 627. The molecule has 0 saturated carbocycles. The van der Waals surface area contributed by atoms with Crippen LogP contribution in [0.15, 0.2) is 18.2 Å². The van der Waals surface area contributed by atoms with Crippen molar-refractivity contribution in [1.29, 1.82) is 0 Å². The number of amides is 1. The van der Waals surface area contributed by atoms with E-state index in [4.69, 9.17) is 0 Å². The quantitative estimate of drug-likeness (QED) is 0.889. The molecule has 1 heterocycles. The molecule has 0 radical (unpaired) electrons. The van der Waals surface area contributed by atoms with Crippen molar-refractivity contribution in [2.24, 2.45) is 0 Å². The molecule has 20 heavy (non-hydrogen) atoms. The van der Waals surface area contributed by atoms with Crippen LogP contribution >= 0.6 is 11.8 Å². The molecular formula is C13H17NO4S2. The molecule has 2 rings (SSSR count). The summed E-state index contributed by atoms with van der Waals surface area (Å²) < 4.78 is 23.6. The third kappa shape index (κ3) is 3.09. The maximum absolute atomic E-state index is 12.5. The molecule has 110 valence electrons. The molecule has 1 aromatic carbocycles. The first kappa shape index (κ1) is 15.2. The lowest BCUT2D eigenvalue weighted by molar-refractivity contribution is 0.0746. The summed E-state index contributed by atoms with van der Waals surface area (Å²) >= 11 is 1.52. The van der Waals surface area contributed by atoms with E-state index in [1.165, 1.54) is 22.7 Å². The molecule has 0 aromatic heterocycles. The van der Waals surface area contributed by atoms with Crippen LogP contribution in [0.2, 0.25) is 0 Å². The van der Waals surface area contributed by atoms with Crippen molar-refractivity contribution in [3.63, 3.8) is 0 Å². The maximum atomic E-state index is 12.5. The van der Waals surface area contributed by atoms with Gasteiger partial charge in [-0.3, -0.25) is 4.79 Å². The number of rotatable bonds is 2. The van der Waals surface area contributed by atoms with Crippen LogP contribution < -0.4 is 0 Å².